The third-order valence-corrected chi connectivity index (χ3v) is 5.34. The first-order chi connectivity index (χ1) is 13.9. The van der Waals surface area contributed by atoms with Gasteiger partial charge >= 0.3 is 0 Å². The van der Waals surface area contributed by atoms with E-state index in [9.17, 15) is 0 Å². The molecule has 2 nitrogen and oxygen atoms in total. The van der Waals surface area contributed by atoms with Crippen LogP contribution in [0.1, 0.15) is 16.7 Å². The highest BCUT2D eigenvalue weighted by atomic mass is 15.1. The van der Waals surface area contributed by atoms with Crippen molar-refractivity contribution in [2.24, 2.45) is 10.2 Å². The minimum atomic E-state index is 0.571. The molecule has 0 spiro atoms. The quantitative estimate of drug-likeness (QED) is 0.303. The molecule has 134 valence electrons. The van der Waals surface area contributed by atoms with Crippen molar-refractivity contribution >= 4 is 5.69 Å². The van der Waals surface area contributed by atoms with Crippen molar-refractivity contribution in [3.05, 3.63) is 114 Å². The molecule has 0 unspecified atom stereocenters. The molecule has 0 bridgehead atoms. The Labute approximate surface area is 165 Å². The number of hydrogen-bond acceptors (Lipinski definition) is 2. The van der Waals surface area contributed by atoms with Gasteiger partial charge < -0.3 is 0 Å². The normalized spacial score (nSPS) is 12.1. The van der Waals surface area contributed by atoms with Gasteiger partial charge in [-0.1, -0.05) is 84.9 Å². The topological polar surface area (TPSA) is 24.7 Å². The Morgan fingerprint density at radius 2 is 1.21 bits per heavy atom. The third kappa shape index (κ3) is 3.03. The van der Waals surface area contributed by atoms with Gasteiger partial charge in [-0.2, -0.15) is 10.2 Å². The van der Waals surface area contributed by atoms with Crippen LogP contribution in [0.2, 0.25) is 0 Å². The smallest absolute Gasteiger partial charge is 0.0859 e. The molecule has 0 aromatic heterocycles. The SMILES string of the molecule is c1ccc(N=NCc2ccccc2-c2cccc3c2Cc2ccccc2-3)cc1. The number of fused-ring (bicyclic) bond motifs is 3. The summed E-state index contributed by atoms with van der Waals surface area (Å²) in [6.07, 6.45) is 0.988. The number of nitrogens with zero attached hydrogens (tertiary/aromatic N) is 2. The van der Waals surface area contributed by atoms with Gasteiger partial charge in [0.15, 0.2) is 0 Å². The summed E-state index contributed by atoms with van der Waals surface area (Å²) >= 11 is 0. The molecule has 5 rings (SSSR count). The van der Waals surface area contributed by atoms with Crippen LogP contribution in [0.25, 0.3) is 22.3 Å². The standard InChI is InChI=1S/C26H20N2/c1-2-11-21(12-3-1)28-27-18-20-10-5-7-14-23(20)25-16-8-15-24-22-13-6-4-9-19(22)17-26(24)25/h1-16H,17-18H2. The van der Waals surface area contributed by atoms with Crippen molar-refractivity contribution in [2.75, 3.05) is 0 Å². The van der Waals surface area contributed by atoms with E-state index in [1.807, 2.05) is 30.3 Å². The molecule has 4 aromatic carbocycles. The first-order valence-corrected chi connectivity index (χ1v) is 9.61. The Bertz CT molecular complexity index is 1160. The Balaban J connectivity index is 1.51. The molecule has 0 N–H and O–H groups in total. The molecule has 0 aliphatic heterocycles. The maximum absolute atomic E-state index is 4.46. The first kappa shape index (κ1) is 16.6. The molecule has 1 aliphatic rings. The molecular formula is C26H20N2. The van der Waals surface area contributed by atoms with Crippen LogP contribution >= 0.6 is 0 Å². The van der Waals surface area contributed by atoms with Gasteiger partial charge in [0.05, 0.1) is 12.2 Å². The van der Waals surface area contributed by atoms with Gasteiger partial charge in [0.25, 0.3) is 0 Å². The third-order valence-electron chi connectivity index (χ3n) is 5.34. The predicted molar refractivity (Wildman–Crippen MR) is 115 cm³/mol. The summed E-state index contributed by atoms with van der Waals surface area (Å²) in [5.41, 5.74) is 10.2. The fourth-order valence-corrected chi connectivity index (χ4v) is 4.02. The highest BCUT2D eigenvalue weighted by molar-refractivity contribution is 5.85. The van der Waals surface area contributed by atoms with Gasteiger partial charge in [0.1, 0.15) is 0 Å². The second-order valence-electron chi connectivity index (χ2n) is 7.06. The zero-order valence-electron chi connectivity index (χ0n) is 15.5. The van der Waals surface area contributed by atoms with Crippen LogP contribution in [0.3, 0.4) is 0 Å². The van der Waals surface area contributed by atoms with Crippen molar-refractivity contribution in [2.45, 2.75) is 13.0 Å². The molecule has 28 heavy (non-hydrogen) atoms. The summed E-state index contributed by atoms with van der Waals surface area (Å²) in [6.45, 7) is 0.571. The number of azo groups is 1. The van der Waals surface area contributed by atoms with E-state index in [4.69, 9.17) is 0 Å². The van der Waals surface area contributed by atoms with E-state index in [-0.39, 0.29) is 0 Å². The Morgan fingerprint density at radius 1 is 0.571 bits per heavy atom. The van der Waals surface area contributed by atoms with Crippen LogP contribution in [0, 0.1) is 0 Å². The molecule has 0 saturated heterocycles. The summed E-state index contributed by atoms with van der Waals surface area (Å²) < 4.78 is 0. The largest absolute Gasteiger partial charge is 0.184 e. The van der Waals surface area contributed by atoms with Crippen LogP contribution < -0.4 is 0 Å². The highest BCUT2D eigenvalue weighted by Crippen LogP contribution is 2.42. The molecule has 0 heterocycles. The maximum atomic E-state index is 4.46. The summed E-state index contributed by atoms with van der Waals surface area (Å²) in [4.78, 5) is 0. The fraction of sp³-hybridized carbons (Fsp3) is 0.0769. The lowest BCUT2D eigenvalue weighted by molar-refractivity contribution is 0.960. The van der Waals surface area contributed by atoms with Crippen molar-refractivity contribution in [3.8, 4) is 22.3 Å². The lowest BCUT2D eigenvalue weighted by atomic mass is 9.92. The van der Waals surface area contributed by atoms with Crippen LogP contribution in [0.4, 0.5) is 5.69 Å². The Hall–Kier alpha value is -3.52. The molecule has 2 heteroatoms. The summed E-state index contributed by atoms with van der Waals surface area (Å²) in [5.74, 6) is 0. The molecule has 0 fully saturated rings. The van der Waals surface area contributed by atoms with Crippen LogP contribution in [-0.2, 0) is 13.0 Å². The van der Waals surface area contributed by atoms with Crippen molar-refractivity contribution in [3.63, 3.8) is 0 Å². The van der Waals surface area contributed by atoms with E-state index in [0.29, 0.717) is 6.54 Å². The van der Waals surface area contributed by atoms with E-state index < -0.39 is 0 Å². The van der Waals surface area contributed by atoms with Gasteiger partial charge in [0.2, 0.25) is 0 Å². The number of hydrogen-bond donors (Lipinski definition) is 0. The zero-order chi connectivity index (χ0) is 18.8. The Kier molecular flexibility index (Phi) is 4.30. The molecule has 1 aliphatic carbocycles. The van der Waals surface area contributed by atoms with Crippen molar-refractivity contribution in [1.82, 2.24) is 0 Å². The van der Waals surface area contributed by atoms with Crippen molar-refractivity contribution < 1.29 is 0 Å². The predicted octanol–water partition coefficient (Wildman–Crippen LogP) is 7.21. The summed E-state index contributed by atoms with van der Waals surface area (Å²) in [7, 11) is 0. The van der Waals surface area contributed by atoms with Crippen molar-refractivity contribution in [1.29, 1.82) is 0 Å². The van der Waals surface area contributed by atoms with Gasteiger partial charge in [0, 0.05) is 0 Å². The van der Waals surface area contributed by atoms with E-state index in [0.717, 1.165) is 12.1 Å². The zero-order valence-corrected chi connectivity index (χ0v) is 15.5. The lowest BCUT2D eigenvalue weighted by Gasteiger charge is -2.12. The summed E-state index contributed by atoms with van der Waals surface area (Å²) in [5, 5.41) is 8.82. The molecule has 0 radical (unpaired) electrons. The second-order valence-corrected chi connectivity index (χ2v) is 7.06. The maximum Gasteiger partial charge on any atom is 0.0859 e. The minimum Gasteiger partial charge on any atom is -0.184 e. The van der Waals surface area contributed by atoms with E-state index in [1.165, 1.54) is 38.9 Å². The van der Waals surface area contributed by atoms with E-state index in [2.05, 4.69) is 77.0 Å². The minimum absolute atomic E-state index is 0.571. The molecular weight excluding hydrogens is 340 g/mol. The van der Waals surface area contributed by atoms with Gasteiger partial charge in [-0.25, -0.2) is 0 Å². The van der Waals surface area contributed by atoms with Crippen LogP contribution in [0.5, 0.6) is 0 Å². The van der Waals surface area contributed by atoms with Crippen LogP contribution in [-0.4, -0.2) is 0 Å². The van der Waals surface area contributed by atoms with Gasteiger partial charge in [-0.3, -0.25) is 0 Å². The van der Waals surface area contributed by atoms with Gasteiger partial charge in [-0.05, 0) is 57.5 Å². The average molecular weight is 360 g/mol. The Morgan fingerprint density at radius 3 is 2.07 bits per heavy atom. The lowest BCUT2D eigenvalue weighted by Crippen LogP contribution is -1.92. The van der Waals surface area contributed by atoms with Crippen LogP contribution in [0.15, 0.2) is 107 Å². The van der Waals surface area contributed by atoms with E-state index in [1.54, 1.807) is 0 Å². The fourth-order valence-electron chi connectivity index (χ4n) is 4.02. The molecule has 0 amide bonds. The molecule has 4 aromatic rings. The number of benzene rings is 4. The average Bonchev–Trinajstić information content (AvgIpc) is 3.14. The summed E-state index contributed by atoms with van der Waals surface area (Å²) in [6, 6.07) is 33.8. The highest BCUT2D eigenvalue weighted by Gasteiger charge is 2.21. The van der Waals surface area contributed by atoms with Gasteiger partial charge in [-0.15, -0.1) is 0 Å². The molecule has 0 atom stereocenters. The van der Waals surface area contributed by atoms with E-state index >= 15 is 0 Å². The first-order valence-electron chi connectivity index (χ1n) is 9.61. The second kappa shape index (κ2) is 7.24. The monoisotopic (exact) mass is 360 g/mol. The molecule has 0 saturated carbocycles. The number of rotatable bonds is 4.